The van der Waals surface area contributed by atoms with Crippen molar-refractivity contribution in [3.63, 3.8) is 0 Å². The minimum Gasteiger partial charge on any atom is -0.491 e. The zero-order chi connectivity index (χ0) is 21.8. The van der Waals surface area contributed by atoms with E-state index in [0.29, 0.717) is 44.2 Å². The van der Waals surface area contributed by atoms with Gasteiger partial charge in [0, 0.05) is 30.8 Å². The first kappa shape index (κ1) is 21.4. The lowest BCUT2D eigenvalue weighted by Gasteiger charge is -2.27. The Bertz CT molecular complexity index is 935. The molecule has 0 N–H and O–H groups in total. The lowest BCUT2D eigenvalue weighted by atomic mass is 10.1. The summed E-state index contributed by atoms with van der Waals surface area (Å²) >= 11 is 0. The first-order valence-corrected chi connectivity index (χ1v) is 11.0. The fraction of sp³-hybridized carbons (Fsp3) is 0.440. The van der Waals surface area contributed by atoms with Crippen molar-refractivity contribution in [2.24, 2.45) is 0 Å². The molecule has 2 amide bonds. The second-order valence-electron chi connectivity index (χ2n) is 8.33. The number of hydrogen-bond acceptors (Lipinski definition) is 4. The average molecular weight is 423 g/mol. The number of amides is 2. The minimum absolute atomic E-state index is 0.0239. The molecule has 1 atom stereocenters. The molecule has 0 unspecified atom stereocenters. The molecule has 4 rings (SSSR count). The predicted octanol–water partition coefficient (Wildman–Crippen LogP) is 3.46. The normalized spacial score (nSPS) is 18.8. The topological polar surface area (TPSA) is 59.1 Å². The molecule has 2 saturated heterocycles. The molecular formula is C25H30N2O4. The Hall–Kier alpha value is -2.86. The van der Waals surface area contributed by atoms with Crippen LogP contribution in [0.3, 0.4) is 0 Å². The minimum atomic E-state index is 0.0239. The molecular weight excluding hydrogens is 392 g/mol. The summed E-state index contributed by atoms with van der Waals surface area (Å²) in [5.41, 5.74) is 3.71. The van der Waals surface area contributed by atoms with Crippen LogP contribution in [0.2, 0.25) is 0 Å². The molecule has 31 heavy (non-hydrogen) atoms. The molecule has 6 heteroatoms. The number of likely N-dealkylation sites (tertiary alicyclic amines) is 1. The molecule has 0 spiro atoms. The van der Waals surface area contributed by atoms with Crippen LogP contribution in [0.5, 0.6) is 5.75 Å². The number of morpholine rings is 1. The standard InChI is InChI=1S/C25H30N2O4/c1-18-5-6-21(16-19(18)2)25(29)27-11-3-4-22(27)17-31-23-9-7-20(8-10-23)24(28)26-12-14-30-15-13-26/h5-10,16,22H,3-4,11-15,17H2,1-2H3/t22-/m1/s1. The molecule has 0 aromatic heterocycles. The SMILES string of the molecule is Cc1ccc(C(=O)N2CCC[C@@H]2COc2ccc(C(=O)N3CCOCC3)cc2)cc1C. The molecule has 2 heterocycles. The van der Waals surface area contributed by atoms with E-state index < -0.39 is 0 Å². The summed E-state index contributed by atoms with van der Waals surface area (Å²) in [6.07, 6.45) is 1.92. The first-order chi connectivity index (χ1) is 15.0. The third kappa shape index (κ3) is 4.90. The van der Waals surface area contributed by atoms with Crippen LogP contribution in [0.1, 0.15) is 44.7 Å². The number of hydrogen-bond donors (Lipinski definition) is 0. The molecule has 0 radical (unpaired) electrons. The highest BCUT2D eigenvalue weighted by Gasteiger charge is 2.30. The van der Waals surface area contributed by atoms with Crippen LogP contribution in [0, 0.1) is 13.8 Å². The molecule has 2 aromatic rings. The van der Waals surface area contributed by atoms with Crippen LogP contribution < -0.4 is 4.74 Å². The zero-order valence-corrected chi connectivity index (χ0v) is 18.3. The van der Waals surface area contributed by atoms with Crippen LogP contribution in [0.4, 0.5) is 0 Å². The van der Waals surface area contributed by atoms with Crippen LogP contribution in [0.15, 0.2) is 42.5 Å². The smallest absolute Gasteiger partial charge is 0.254 e. The van der Waals surface area contributed by atoms with Crippen molar-refractivity contribution >= 4 is 11.8 Å². The molecule has 2 aliphatic rings. The van der Waals surface area contributed by atoms with Gasteiger partial charge in [-0.2, -0.15) is 0 Å². The van der Waals surface area contributed by atoms with Crippen LogP contribution in [-0.4, -0.2) is 67.1 Å². The average Bonchev–Trinajstić information content (AvgIpc) is 3.28. The van der Waals surface area contributed by atoms with Gasteiger partial charge in [-0.3, -0.25) is 9.59 Å². The second-order valence-corrected chi connectivity index (χ2v) is 8.33. The third-order valence-electron chi connectivity index (χ3n) is 6.23. The summed E-state index contributed by atoms with van der Waals surface area (Å²) in [7, 11) is 0. The highest BCUT2D eigenvalue weighted by Crippen LogP contribution is 2.23. The summed E-state index contributed by atoms with van der Waals surface area (Å²) in [5.74, 6) is 0.806. The molecule has 6 nitrogen and oxygen atoms in total. The van der Waals surface area contributed by atoms with Crippen molar-refractivity contribution in [1.29, 1.82) is 0 Å². The predicted molar refractivity (Wildman–Crippen MR) is 119 cm³/mol. The lowest BCUT2D eigenvalue weighted by Crippen LogP contribution is -2.40. The van der Waals surface area contributed by atoms with Crippen molar-refractivity contribution in [2.45, 2.75) is 32.7 Å². The van der Waals surface area contributed by atoms with Gasteiger partial charge in [-0.1, -0.05) is 6.07 Å². The summed E-state index contributed by atoms with van der Waals surface area (Å²) in [4.78, 5) is 29.3. The van der Waals surface area contributed by atoms with E-state index in [1.165, 1.54) is 5.56 Å². The number of rotatable bonds is 5. The monoisotopic (exact) mass is 422 g/mol. The van der Waals surface area contributed by atoms with E-state index in [1.807, 2.05) is 47.1 Å². The van der Waals surface area contributed by atoms with Gasteiger partial charge in [0.25, 0.3) is 11.8 Å². The fourth-order valence-electron chi connectivity index (χ4n) is 4.15. The van der Waals surface area contributed by atoms with E-state index in [0.717, 1.165) is 30.5 Å². The van der Waals surface area contributed by atoms with Gasteiger partial charge in [0.15, 0.2) is 0 Å². The van der Waals surface area contributed by atoms with Gasteiger partial charge < -0.3 is 19.3 Å². The summed E-state index contributed by atoms with van der Waals surface area (Å²) in [5, 5.41) is 0. The van der Waals surface area contributed by atoms with Crippen LogP contribution in [0.25, 0.3) is 0 Å². The van der Waals surface area contributed by atoms with Gasteiger partial charge >= 0.3 is 0 Å². The number of ether oxygens (including phenoxy) is 2. The molecule has 0 aliphatic carbocycles. The van der Waals surface area contributed by atoms with E-state index in [-0.39, 0.29) is 17.9 Å². The number of benzene rings is 2. The van der Waals surface area contributed by atoms with E-state index in [1.54, 1.807) is 12.1 Å². The highest BCUT2D eigenvalue weighted by molar-refractivity contribution is 5.95. The maximum absolute atomic E-state index is 13.0. The lowest BCUT2D eigenvalue weighted by molar-refractivity contribution is 0.0303. The number of carbonyl (C=O) groups is 2. The number of aryl methyl sites for hydroxylation is 2. The zero-order valence-electron chi connectivity index (χ0n) is 18.3. The largest absolute Gasteiger partial charge is 0.491 e. The number of nitrogens with zero attached hydrogens (tertiary/aromatic N) is 2. The van der Waals surface area contributed by atoms with Crippen molar-refractivity contribution in [3.8, 4) is 5.75 Å². The Kier molecular flexibility index (Phi) is 6.56. The van der Waals surface area contributed by atoms with Gasteiger partial charge in [-0.25, -0.2) is 0 Å². The van der Waals surface area contributed by atoms with Crippen LogP contribution >= 0.6 is 0 Å². The number of carbonyl (C=O) groups excluding carboxylic acids is 2. The van der Waals surface area contributed by atoms with Gasteiger partial charge in [-0.05, 0) is 74.2 Å². The molecule has 2 fully saturated rings. The second kappa shape index (κ2) is 9.52. The maximum atomic E-state index is 13.0. The Labute approximate surface area is 183 Å². The van der Waals surface area contributed by atoms with E-state index in [2.05, 4.69) is 6.92 Å². The summed E-state index contributed by atoms with van der Waals surface area (Å²) < 4.78 is 11.3. The highest BCUT2D eigenvalue weighted by atomic mass is 16.5. The first-order valence-electron chi connectivity index (χ1n) is 11.0. The third-order valence-corrected chi connectivity index (χ3v) is 6.23. The Morgan fingerprint density at radius 3 is 2.35 bits per heavy atom. The molecule has 2 aromatic carbocycles. The molecule has 2 aliphatic heterocycles. The molecule has 0 bridgehead atoms. The van der Waals surface area contributed by atoms with E-state index >= 15 is 0 Å². The molecule has 0 saturated carbocycles. The Morgan fingerprint density at radius 1 is 0.935 bits per heavy atom. The maximum Gasteiger partial charge on any atom is 0.254 e. The van der Waals surface area contributed by atoms with Crippen molar-refractivity contribution in [2.75, 3.05) is 39.5 Å². The van der Waals surface area contributed by atoms with Gasteiger partial charge in [0.05, 0.1) is 19.3 Å². The Balaban J connectivity index is 1.35. The summed E-state index contributed by atoms with van der Waals surface area (Å²) in [6, 6.07) is 13.2. The van der Waals surface area contributed by atoms with Crippen LogP contribution in [-0.2, 0) is 4.74 Å². The van der Waals surface area contributed by atoms with E-state index in [9.17, 15) is 9.59 Å². The van der Waals surface area contributed by atoms with E-state index in [4.69, 9.17) is 9.47 Å². The van der Waals surface area contributed by atoms with Crippen molar-refractivity contribution in [1.82, 2.24) is 9.80 Å². The quantitative estimate of drug-likeness (QED) is 0.741. The molecule has 164 valence electrons. The Morgan fingerprint density at radius 2 is 1.65 bits per heavy atom. The fourth-order valence-corrected chi connectivity index (χ4v) is 4.15. The van der Waals surface area contributed by atoms with Crippen molar-refractivity contribution in [3.05, 3.63) is 64.7 Å². The van der Waals surface area contributed by atoms with Gasteiger partial charge in [0.2, 0.25) is 0 Å². The van der Waals surface area contributed by atoms with Crippen molar-refractivity contribution < 1.29 is 19.1 Å². The summed E-state index contributed by atoms with van der Waals surface area (Å²) in [6.45, 7) is 7.73. The van der Waals surface area contributed by atoms with Gasteiger partial charge in [-0.15, -0.1) is 0 Å². The van der Waals surface area contributed by atoms with Gasteiger partial charge in [0.1, 0.15) is 12.4 Å².